The van der Waals surface area contributed by atoms with Gasteiger partial charge in [0.05, 0.1) is 31.2 Å². The number of aromatic nitrogens is 4. The zero-order valence-electron chi connectivity index (χ0n) is 10.4. The van der Waals surface area contributed by atoms with E-state index in [0.29, 0.717) is 16.7 Å². The molecule has 7 nitrogen and oxygen atoms in total. The number of hydrogen-bond acceptors (Lipinski definition) is 5. The minimum absolute atomic E-state index is 0.125. The SMILES string of the molecule is Cc1[nH]ncc1CNc1cnn(CCO)c(=O)c1Br. The van der Waals surface area contributed by atoms with Crippen LogP contribution in [0.15, 0.2) is 21.7 Å². The Balaban J connectivity index is 2.16. The summed E-state index contributed by atoms with van der Waals surface area (Å²) in [6, 6.07) is 0. The van der Waals surface area contributed by atoms with Crippen LogP contribution in [0.3, 0.4) is 0 Å². The van der Waals surface area contributed by atoms with Crippen molar-refractivity contribution in [2.45, 2.75) is 20.0 Å². The van der Waals surface area contributed by atoms with Crippen LogP contribution in [-0.4, -0.2) is 31.7 Å². The van der Waals surface area contributed by atoms with E-state index >= 15 is 0 Å². The van der Waals surface area contributed by atoms with Gasteiger partial charge >= 0.3 is 0 Å². The van der Waals surface area contributed by atoms with E-state index in [4.69, 9.17) is 5.11 Å². The number of halogens is 1. The fourth-order valence-electron chi connectivity index (χ4n) is 1.59. The number of nitrogens with zero attached hydrogens (tertiary/aromatic N) is 3. The van der Waals surface area contributed by atoms with Crippen LogP contribution < -0.4 is 10.9 Å². The van der Waals surface area contributed by atoms with Gasteiger partial charge in [0.25, 0.3) is 5.56 Å². The van der Waals surface area contributed by atoms with Crippen molar-refractivity contribution in [3.63, 3.8) is 0 Å². The van der Waals surface area contributed by atoms with Crippen molar-refractivity contribution in [3.05, 3.63) is 38.5 Å². The summed E-state index contributed by atoms with van der Waals surface area (Å²) in [7, 11) is 0. The number of hydrogen-bond donors (Lipinski definition) is 3. The second kappa shape index (κ2) is 5.98. The number of aliphatic hydroxyl groups excluding tert-OH is 1. The second-order valence-electron chi connectivity index (χ2n) is 4.00. The lowest BCUT2D eigenvalue weighted by molar-refractivity contribution is 0.266. The molecule has 0 radical (unpaired) electrons. The topological polar surface area (TPSA) is 95.8 Å². The van der Waals surface area contributed by atoms with E-state index in [0.717, 1.165) is 11.3 Å². The molecule has 0 bridgehead atoms. The third kappa shape index (κ3) is 3.02. The number of anilines is 1. The monoisotopic (exact) mass is 327 g/mol. The fraction of sp³-hybridized carbons (Fsp3) is 0.364. The highest BCUT2D eigenvalue weighted by Gasteiger charge is 2.09. The van der Waals surface area contributed by atoms with E-state index in [1.165, 1.54) is 4.68 Å². The molecule has 0 amide bonds. The molecule has 0 aliphatic carbocycles. The third-order valence-electron chi connectivity index (χ3n) is 2.70. The maximum Gasteiger partial charge on any atom is 0.283 e. The minimum atomic E-state index is -0.275. The summed E-state index contributed by atoms with van der Waals surface area (Å²) in [4.78, 5) is 11.9. The van der Waals surface area contributed by atoms with Crippen LogP contribution in [0, 0.1) is 6.92 Å². The molecule has 0 spiro atoms. The van der Waals surface area contributed by atoms with Crippen molar-refractivity contribution in [3.8, 4) is 0 Å². The zero-order chi connectivity index (χ0) is 13.8. The van der Waals surface area contributed by atoms with Gasteiger partial charge in [0.15, 0.2) is 0 Å². The second-order valence-corrected chi connectivity index (χ2v) is 4.79. The van der Waals surface area contributed by atoms with Crippen molar-refractivity contribution in [2.75, 3.05) is 11.9 Å². The Labute approximate surface area is 117 Å². The van der Waals surface area contributed by atoms with Gasteiger partial charge in [-0.1, -0.05) is 0 Å². The Morgan fingerprint density at radius 3 is 2.95 bits per heavy atom. The average Bonchev–Trinajstić information content (AvgIpc) is 2.80. The molecule has 0 unspecified atom stereocenters. The Bertz CT molecular complexity index is 622. The molecule has 2 rings (SSSR count). The predicted molar refractivity (Wildman–Crippen MR) is 73.9 cm³/mol. The average molecular weight is 328 g/mol. The normalized spacial score (nSPS) is 10.7. The largest absolute Gasteiger partial charge is 0.394 e. The molecule has 0 fully saturated rings. The van der Waals surface area contributed by atoms with E-state index in [9.17, 15) is 4.79 Å². The molecular weight excluding hydrogens is 314 g/mol. The Morgan fingerprint density at radius 1 is 1.53 bits per heavy atom. The summed E-state index contributed by atoms with van der Waals surface area (Å²) < 4.78 is 1.61. The number of aromatic amines is 1. The number of aliphatic hydroxyl groups is 1. The lowest BCUT2D eigenvalue weighted by atomic mass is 10.2. The molecule has 0 saturated carbocycles. The lowest BCUT2D eigenvalue weighted by Gasteiger charge is -2.09. The van der Waals surface area contributed by atoms with Gasteiger partial charge in [-0.2, -0.15) is 10.2 Å². The Morgan fingerprint density at radius 2 is 2.32 bits per heavy atom. The molecule has 8 heteroatoms. The van der Waals surface area contributed by atoms with Crippen LogP contribution in [0.5, 0.6) is 0 Å². The maximum absolute atomic E-state index is 11.9. The summed E-state index contributed by atoms with van der Waals surface area (Å²) in [5, 5.41) is 22.7. The van der Waals surface area contributed by atoms with Gasteiger partial charge in [0, 0.05) is 17.8 Å². The van der Waals surface area contributed by atoms with E-state index in [-0.39, 0.29) is 18.7 Å². The van der Waals surface area contributed by atoms with Gasteiger partial charge in [0.1, 0.15) is 4.47 Å². The zero-order valence-corrected chi connectivity index (χ0v) is 11.9. The lowest BCUT2D eigenvalue weighted by Crippen LogP contribution is -2.25. The summed E-state index contributed by atoms with van der Waals surface area (Å²) in [5.41, 5.74) is 2.33. The molecule has 102 valence electrons. The summed E-state index contributed by atoms with van der Waals surface area (Å²) in [6.07, 6.45) is 3.28. The van der Waals surface area contributed by atoms with E-state index in [1.54, 1.807) is 12.4 Å². The molecule has 3 N–H and O–H groups in total. The first-order chi connectivity index (χ1) is 9.13. The van der Waals surface area contributed by atoms with Crippen molar-refractivity contribution in [1.82, 2.24) is 20.0 Å². The van der Waals surface area contributed by atoms with Gasteiger partial charge in [-0.15, -0.1) is 0 Å². The summed E-state index contributed by atoms with van der Waals surface area (Å²) >= 11 is 3.24. The fourth-order valence-corrected chi connectivity index (χ4v) is 2.03. The molecule has 0 aliphatic rings. The molecule has 2 aromatic rings. The molecular formula is C11H14BrN5O2. The predicted octanol–water partition coefficient (Wildman–Crippen LogP) is 0.642. The number of rotatable bonds is 5. The van der Waals surface area contributed by atoms with E-state index in [2.05, 4.69) is 36.5 Å². The first-order valence-corrected chi connectivity index (χ1v) is 6.52. The molecule has 2 heterocycles. The van der Waals surface area contributed by atoms with Crippen LogP contribution >= 0.6 is 15.9 Å². The number of nitrogens with one attached hydrogen (secondary N) is 2. The standard InChI is InChI=1S/C11H14BrN5O2/c1-7-8(5-14-16-7)4-13-9-6-15-17(2-3-18)11(19)10(9)12/h5-6,13,18H,2-4H2,1H3,(H,14,16). The Kier molecular flexibility index (Phi) is 4.33. The summed E-state index contributed by atoms with van der Waals surface area (Å²) in [5.74, 6) is 0. The van der Waals surface area contributed by atoms with Gasteiger partial charge in [-0.3, -0.25) is 9.89 Å². The van der Waals surface area contributed by atoms with Crippen molar-refractivity contribution in [1.29, 1.82) is 0 Å². The van der Waals surface area contributed by atoms with Crippen LogP contribution in [0.1, 0.15) is 11.3 Å². The highest BCUT2D eigenvalue weighted by Crippen LogP contribution is 2.17. The Hall–Kier alpha value is -1.67. The third-order valence-corrected chi connectivity index (χ3v) is 3.47. The van der Waals surface area contributed by atoms with Crippen molar-refractivity contribution in [2.24, 2.45) is 0 Å². The van der Waals surface area contributed by atoms with Gasteiger partial charge in [-0.25, -0.2) is 4.68 Å². The number of H-pyrrole nitrogens is 1. The van der Waals surface area contributed by atoms with Crippen molar-refractivity contribution < 1.29 is 5.11 Å². The van der Waals surface area contributed by atoms with E-state index in [1.807, 2.05) is 6.92 Å². The van der Waals surface area contributed by atoms with Gasteiger partial charge in [-0.05, 0) is 22.9 Å². The van der Waals surface area contributed by atoms with E-state index < -0.39 is 0 Å². The highest BCUT2D eigenvalue weighted by molar-refractivity contribution is 9.10. The van der Waals surface area contributed by atoms with Crippen LogP contribution in [0.25, 0.3) is 0 Å². The molecule has 0 atom stereocenters. The molecule has 0 saturated heterocycles. The quantitative estimate of drug-likeness (QED) is 0.749. The van der Waals surface area contributed by atoms with Crippen LogP contribution in [-0.2, 0) is 13.1 Å². The van der Waals surface area contributed by atoms with Gasteiger partial charge in [0.2, 0.25) is 0 Å². The minimum Gasteiger partial charge on any atom is -0.394 e. The van der Waals surface area contributed by atoms with Crippen LogP contribution in [0.2, 0.25) is 0 Å². The maximum atomic E-state index is 11.9. The molecule has 2 aromatic heterocycles. The molecule has 0 aromatic carbocycles. The first kappa shape index (κ1) is 13.8. The molecule has 0 aliphatic heterocycles. The smallest absolute Gasteiger partial charge is 0.283 e. The van der Waals surface area contributed by atoms with Crippen molar-refractivity contribution >= 4 is 21.6 Å². The highest BCUT2D eigenvalue weighted by atomic mass is 79.9. The number of aryl methyl sites for hydroxylation is 1. The first-order valence-electron chi connectivity index (χ1n) is 5.72. The van der Waals surface area contributed by atoms with Gasteiger partial charge < -0.3 is 10.4 Å². The summed E-state index contributed by atoms with van der Waals surface area (Å²) in [6.45, 7) is 2.53. The molecule has 19 heavy (non-hydrogen) atoms. The van der Waals surface area contributed by atoms with Crippen LogP contribution in [0.4, 0.5) is 5.69 Å².